The fraction of sp³-hybridized carbons (Fsp3) is 0.478. The van der Waals surface area contributed by atoms with Crippen molar-refractivity contribution in [3.05, 3.63) is 70.3 Å². The molecule has 3 unspecified atom stereocenters. The van der Waals surface area contributed by atoms with Crippen molar-refractivity contribution in [2.24, 2.45) is 0 Å². The molecule has 0 bridgehead atoms. The van der Waals surface area contributed by atoms with Crippen molar-refractivity contribution in [3.63, 3.8) is 0 Å². The molecule has 2 N–H and O–H groups in total. The van der Waals surface area contributed by atoms with E-state index in [1.807, 2.05) is 0 Å². The van der Waals surface area contributed by atoms with E-state index in [9.17, 15) is 17.2 Å². The molecule has 0 amide bonds. The Bertz CT molecular complexity index is 994. The molecule has 0 aromatic heterocycles. The minimum Gasteiger partial charge on any atom is -0.309 e. The minimum absolute atomic E-state index is 0.138. The van der Waals surface area contributed by atoms with Crippen molar-refractivity contribution in [1.29, 1.82) is 0 Å². The Morgan fingerprint density at radius 3 is 2.48 bits per heavy atom. The van der Waals surface area contributed by atoms with Crippen molar-refractivity contribution >= 4 is 22.7 Å². The zero-order valence-electron chi connectivity index (χ0n) is 17.9. The lowest BCUT2D eigenvalue weighted by molar-refractivity contribution is 0.438. The quantitative estimate of drug-likeness (QED) is 0.489. The van der Waals surface area contributed by atoms with Gasteiger partial charge in [0.15, 0.2) is 0 Å². The molecule has 2 aromatic rings. The Balaban J connectivity index is 1.73. The normalized spacial score (nSPS) is 18.4. The molecule has 0 aliphatic heterocycles. The zero-order valence-corrected chi connectivity index (χ0v) is 19.6. The van der Waals surface area contributed by atoms with E-state index < -0.39 is 27.7 Å². The molecule has 31 heavy (non-hydrogen) atoms. The molecule has 2 aromatic carbocycles. The van der Waals surface area contributed by atoms with Crippen LogP contribution in [-0.2, 0) is 29.3 Å². The van der Waals surface area contributed by atoms with Gasteiger partial charge in [-0.3, -0.25) is 0 Å². The third-order valence-corrected chi connectivity index (χ3v) is 6.99. The minimum atomic E-state index is -3.52. The van der Waals surface area contributed by atoms with Gasteiger partial charge in [-0.15, -0.1) is 0 Å². The molecule has 170 valence electrons. The maximum absolute atomic E-state index is 13.6. The number of nitrogens with one attached hydrogen (secondary N) is 2. The van der Waals surface area contributed by atoms with Crippen LogP contribution in [-0.4, -0.2) is 32.5 Å². The largest absolute Gasteiger partial charge is 0.309 e. The SMILES string of the molecule is CCc1ccc2c(c1)C(NCC(S)C(Cc1cc(F)cc(F)c1)NS(C)(=O)=O)CCC2. The number of benzene rings is 2. The van der Waals surface area contributed by atoms with E-state index >= 15 is 0 Å². The summed E-state index contributed by atoms with van der Waals surface area (Å²) in [5.41, 5.74) is 4.32. The molecule has 0 fully saturated rings. The summed E-state index contributed by atoms with van der Waals surface area (Å²) in [6.45, 7) is 2.59. The predicted molar refractivity (Wildman–Crippen MR) is 124 cm³/mol. The van der Waals surface area contributed by atoms with Crippen LogP contribution in [0.5, 0.6) is 0 Å². The molecular weight excluding hydrogens is 438 g/mol. The number of fused-ring (bicyclic) bond motifs is 1. The van der Waals surface area contributed by atoms with Crippen LogP contribution in [0.4, 0.5) is 8.78 Å². The molecular formula is C23H30F2N2O2S2. The molecule has 4 nitrogen and oxygen atoms in total. The smallest absolute Gasteiger partial charge is 0.208 e. The lowest BCUT2D eigenvalue weighted by atomic mass is 9.86. The molecule has 8 heteroatoms. The van der Waals surface area contributed by atoms with Gasteiger partial charge in [0.1, 0.15) is 11.6 Å². The van der Waals surface area contributed by atoms with Crippen LogP contribution in [0.1, 0.15) is 48.1 Å². The zero-order chi connectivity index (χ0) is 22.6. The molecule has 0 radical (unpaired) electrons. The third kappa shape index (κ3) is 7.00. The van der Waals surface area contributed by atoms with E-state index in [-0.39, 0.29) is 17.7 Å². The Morgan fingerprint density at radius 1 is 1.13 bits per heavy atom. The molecule has 0 heterocycles. The lowest BCUT2D eigenvalue weighted by Crippen LogP contribution is -2.46. The van der Waals surface area contributed by atoms with Crippen molar-refractivity contribution in [1.82, 2.24) is 10.0 Å². The molecule has 0 spiro atoms. The average molecular weight is 469 g/mol. The van der Waals surface area contributed by atoms with Gasteiger partial charge in [-0.25, -0.2) is 21.9 Å². The third-order valence-electron chi connectivity index (χ3n) is 5.71. The Kier molecular flexibility index (Phi) is 8.13. The number of aryl methyl sites for hydroxylation is 2. The van der Waals surface area contributed by atoms with E-state index in [1.165, 1.54) is 28.8 Å². The van der Waals surface area contributed by atoms with E-state index in [4.69, 9.17) is 0 Å². The predicted octanol–water partition coefficient (Wildman–Crippen LogP) is 3.95. The number of halogens is 2. The van der Waals surface area contributed by atoms with Crippen LogP contribution in [0.25, 0.3) is 0 Å². The van der Waals surface area contributed by atoms with Crippen molar-refractivity contribution in [2.45, 2.75) is 56.4 Å². The van der Waals surface area contributed by atoms with Crippen LogP contribution in [0.15, 0.2) is 36.4 Å². The second-order valence-corrected chi connectivity index (χ2v) is 10.7. The molecule has 0 saturated carbocycles. The molecule has 0 saturated heterocycles. The first kappa shape index (κ1) is 24.2. The monoisotopic (exact) mass is 468 g/mol. The van der Waals surface area contributed by atoms with Gasteiger partial charge < -0.3 is 5.32 Å². The molecule has 1 aliphatic rings. The van der Waals surface area contributed by atoms with E-state index in [1.54, 1.807) is 0 Å². The topological polar surface area (TPSA) is 58.2 Å². The fourth-order valence-corrected chi connectivity index (χ4v) is 5.38. The number of thiol groups is 1. The summed E-state index contributed by atoms with van der Waals surface area (Å²) >= 11 is 4.65. The first-order valence-corrected chi connectivity index (χ1v) is 13.0. The number of rotatable bonds is 9. The Morgan fingerprint density at radius 2 is 1.84 bits per heavy atom. The number of hydrogen-bond donors (Lipinski definition) is 3. The van der Waals surface area contributed by atoms with E-state index in [2.05, 4.69) is 47.8 Å². The molecule has 3 atom stereocenters. The summed E-state index contributed by atoms with van der Waals surface area (Å²) in [5, 5.41) is 3.16. The van der Waals surface area contributed by atoms with Crippen molar-refractivity contribution < 1.29 is 17.2 Å². The number of sulfonamides is 1. The standard InChI is InChI=1S/C23H30F2N2O2S2/c1-3-15-7-8-17-5-4-6-21(20(17)11-15)26-14-23(30)22(27-31(2,28)29)12-16-9-18(24)13-19(25)10-16/h7-11,13,21-23,26-27,30H,3-6,12,14H2,1-2H3. The van der Waals surface area contributed by atoms with Crippen molar-refractivity contribution in [3.8, 4) is 0 Å². The highest BCUT2D eigenvalue weighted by molar-refractivity contribution is 7.88. The van der Waals surface area contributed by atoms with Crippen LogP contribution in [0.3, 0.4) is 0 Å². The average Bonchev–Trinajstić information content (AvgIpc) is 2.69. The van der Waals surface area contributed by atoms with Crippen molar-refractivity contribution in [2.75, 3.05) is 12.8 Å². The van der Waals surface area contributed by atoms with Gasteiger partial charge in [-0.2, -0.15) is 12.6 Å². The van der Waals surface area contributed by atoms with E-state index in [0.717, 1.165) is 38.0 Å². The lowest BCUT2D eigenvalue weighted by Gasteiger charge is -2.30. The second-order valence-electron chi connectivity index (χ2n) is 8.29. The van der Waals surface area contributed by atoms with Gasteiger partial charge in [-0.1, -0.05) is 25.1 Å². The van der Waals surface area contributed by atoms with E-state index in [0.29, 0.717) is 12.1 Å². The highest BCUT2D eigenvalue weighted by Gasteiger charge is 2.25. The van der Waals surface area contributed by atoms with Crippen LogP contribution in [0, 0.1) is 11.6 Å². The maximum atomic E-state index is 13.6. The fourth-order valence-electron chi connectivity index (χ4n) is 4.20. The van der Waals surface area contributed by atoms with Gasteiger partial charge in [0.25, 0.3) is 0 Å². The summed E-state index contributed by atoms with van der Waals surface area (Å²) in [7, 11) is -3.52. The van der Waals surface area contributed by atoms with Crippen LogP contribution in [0.2, 0.25) is 0 Å². The second kappa shape index (κ2) is 10.4. The summed E-state index contributed by atoms with van der Waals surface area (Å²) in [6, 6.07) is 9.43. The summed E-state index contributed by atoms with van der Waals surface area (Å²) < 4.78 is 53.6. The van der Waals surface area contributed by atoms with Crippen LogP contribution < -0.4 is 10.0 Å². The summed E-state index contributed by atoms with van der Waals surface area (Å²) in [4.78, 5) is 0. The summed E-state index contributed by atoms with van der Waals surface area (Å²) in [6.07, 6.45) is 5.33. The Labute approximate surface area is 189 Å². The van der Waals surface area contributed by atoms with Gasteiger partial charge >= 0.3 is 0 Å². The van der Waals surface area contributed by atoms with Gasteiger partial charge in [-0.05, 0) is 66.5 Å². The summed E-state index contributed by atoms with van der Waals surface area (Å²) in [5.74, 6) is -1.38. The highest BCUT2D eigenvalue weighted by Crippen LogP contribution is 2.31. The first-order valence-electron chi connectivity index (χ1n) is 10.6. The molecule has 3 rings (SSSR count). The van der Waals surface area contributed by atoms with Gasteiger partial charge in [0.05, 0.1) is 6.26 Å². The van der Waals surface area contributed by atoms with Gasteiger partial charge in [0, 0.05) is 29.9 Å². The highest BCUT2D eigenvalue weighted by atomic mass is 32.2. The number of hydrogen-bond acceptors (Lipinski definition) is 4. The van der Waals surface area contributed by atoms with Crippen LogP contribution >= 0.6 is 12.6 Å². The maximum Gasteiger partial charge on any atom is 0.208 e. The molecule has 1 aliphatic carbocycles. The van der Waals surface area contributed by atoms with Gasteiger partial charge in [0.2, 0.25) is 10.0 Å². The first-order chi connectivity index (χ1) is 14.6. The Hall–Kier alpha value is -1.48.